The zero-order valence-electron chi connectivity index (χ0n) is 7.83. The molecule has 0 aromatic carbocycles. The monoisotopic (exact) mass is 219 g/mol. The van der Waals surface area contributed by atoms with Crippen LogP contribution in [-0.2, 0) is 4.74 Å². The summed E-state index contributed by atoms with van der Waals surface area (Å²) in [6.45, 7) is 1.05. The Bertz CT molecular complexity index is 235. The highest BCUT2D eigenvalue weighted by Crippen LogP contribution is 2.17. The first kappa shape index (κ1) is 11.1. The number of nitrogens with zero attached hydrogens (tertiary/aromatic N) is 1. The van der Waals surface area contributed by atoms with Gasteiger partial charge < -0.3 is 15.4 Å². The number of halogens is 1. The number of amidine groups is 1. The Labute approximate surface area is 87.7 Å². The van der Waals surface area contributed by atoms with E-state index in [0.717, 1.165) is 19.4 Å². The SMILES string of the molecule is N=C(CCl)N1CCC[C@H]1COC(N)=O. The number of amides is 1. The molecule has 1 fully saturated rings. The zero-order chi connectivity index (χ0) is 10.6. The molecule has 0 aromatic rings. The molecule has 80 valence electrons. The average molecular weight is 220 g/mol. The number of alkyl halides is 1. The Kier molecular flexibility index (Phi) is 4.00. The molecule has 1 saturated heterocycles. The van der Waals surface area contributed by atoms with Crippen molar-refractivity contribution in [1.82, 2.24) is 4.90 Å². The number of carbonyl (C=O) groups is 1. The van der Waals surface area contributed by atoms with Crippen LogP contribution >= 0.6 is 11.6 Å². The maximum atomic E-state index is 10.4. The molecule has 1 heterocycles. The van der Waals surface area contributed by atoms with Crippen LogP contribution in [0.3, 0.4) is 0 Å². The third-order valence-electron chi connectivity index (χ3n) is 2.27. The number of likely N-dealkylation sites (tertiary alicyclic amines) is 1. The third-order valence-corrected chi connectivity index (χ3v) is 2.52. The summed E-state index contributed by atoms with van der Waals surface area (Å²) in [6.07, 6.45) is 1.13. The molecule has 0 bridgehead atoms. The highest BCUT2D eigenvalue weighted by molar-refractivity contribution is 6.27. The van der Waals surface area contributed by atoms with Crippen LogP contribution in [0, 0.1) is 5.41 Å². The van der Waals surface area contributed by atoms with Crippen molar-refractivity contribution in [1.29, 1.82) is 5.41 Å². The van der Waals surface area contributed by atoms with Gasteiger partial charge in [-0.05, 0) is 12.8 Å². The lowest BCUT2D eigenvalue weighted by Crippen LogP contribution is -2.39. The summed E-state index contributed by atoms with van der Waals surface area (Å²) < 4.78 is 4.71. The molecule has 0 aliphatic carbocycles. The van der Waals surface area contributed by atoms with Crippen molar-refractivity contribution in [2.75, 3.05) is 19.0 Å². The molecule has 1 rings (SSSR count). The summed E-state index contributed by atoms with van der Waals surface area (Å²) in [5.41, 5.74) is 4.87. The smallest absolute Gasteiger partial charge is 0.404 e. The normalized spacial score (nSPS) is 20.9. The molecule has 6 heteroatoms. The minimum atomic E-state index is -0.769. The Hall–Kier alpha value is -0.970. The number of nitrogens with two attached hydrogens (primary N) is 1. The van der Waals surface area contributed by atoms with Gasteiger partial charge in [0.15, 0.2) is 0 Å². The summed E-state index contributed by atoms with van der Waals surface area (Å²) in [5, 5.41) is 7.57. The van der Waals surface area contributed by atoms with Gasteiger partial charge in [0, 0.05) is 6.54 Å². The van der Waals surface area contributed by atoms with Gasteiger partial charge >= 0.3 is 6.09 Å². The number of hydrogen-bond donors (Lipinski definition) is 2. The van der Waals surface area contributed by atoms with Crippen LogP contribution < -0.4 is 5.73 Å². The number of carbonyl (C=O) groups excluding carboxylic acids is 1. The van der Waals surface area contributed by atoms with Crippen LogP contribution in [0.1, 0.15) is 12.8 Å². The summed E-state index contributed by atoms with van der Waals surface area (Å²) >= 11 is 5.56. The topological polar surface area (TPSA) is 79.4 Å². The van der Waals surface area contributed by atoms with E-state index in [-0.39, 0.29) is 18.5 Å². The largest absolute Gasteiger partial charge is 0.448 e. The Morgan fingerprint density at radius 3 is 3.00 bits per heavy atom. The van der Waals surface area contributed by atoms with Crippen molar-refractivity contribution in [3.8, 4) is 0 Å². The average Bonchev–Trinajstić information content (AvgIpc) is 2.61. The van der Waals surface area contributed by atoms with Crippen molar-refractivity contribution in [3.05, 3.63) is 0 Å². The maximum absolute atomic E-state index is 10.4. The third kappa shape index (κ3) is 2.77. The van der Waals surface area contributed by atoms with E-state index in [0.29, 0.717) is 5.84 Å². The standard InChI is InChI=1S/C8H14ClN3O2/c9-4-7(10)12-3-1-2-6(12)5-14-8(11)13/h6,10H,1-5H2,(H2,11,13)/t6-/m0/s1. The molecule has 1 amide bonds. The summed E-state index contributed by atoms with van der Waals surface area (Å²) in [6, 6.07) is 0.0637. The van der Waals surface area contributed by atoms with Gasteiger partial charge in [0.2, 0.25) is 0 Å². The van der Waals surface area contributed by atoms with Crippen LogP contribution in [0.25, 0.3) is 0 Å². The van der Waals surface area contributed by atoms with Gasteiger partial charge in [-0.3, -0.25) is 5.41 Å². The molecule has 1 aliphatic rings. The number of rotatable bonds is 3. The second-order valence-corrected chi connectivity index (χ2v) is 3.47. The Morgan fingerprint density at radius 2 is 2.43 bits per heavy atom. The van der Waals surface area contributed by atoms with Crippen LogP contribution in [0.4, 0.5) is 4.79 Å². The fraction of sp³-hybridized carbons (Fsp3) is 0.750. The number of primary amides is 1. The van der Waals surface area contributed by atoms with E-state index in [2.05, 4.69) is 0 Å². The lowest BCUT2D eigenvalue weighted by Gasteiger charge is -2.25. The maximum Gasteiger partial charge on any atom is 0.404 e. The van der Waals surface area contributed by atoms with E-state index in [1.54, 1.807) is 0 Å². The van der Waals surface area contributed by atoms with E-state index in [1.165, 1.54) is 0 Å². The van der Waals surface area contributed by atoms with Gasteiger partial charge in [0.1, 0.15) is 12.4 Å². The van der Waals surface area contributed by atoms with Gasteiger partial charge in [-0.25, -0.2) is 4.79 Å². The molecule has 0 saturated carbocycles. The predicted octanol–water partition coefficient (Wildman–Crippen LogP) is 0.762. The van der Waals surface area contributed by atoms with Crippen molar-refractivity contribution in [3.63, 3.8) is 0 Å². The van der Waals surface area contributed by atoms with Crippen LogP contribution in [0.2, 0.25) is 0 Å². The zero-order valence-corrected chi connectivity index (χ0v) is 8.59. The van der Waals surface area contributed by atoms with Crippen LogP contribution in [0.5, 0.6) is 0 Å². The second-order valence-electron chi connectivity index (χ2n) is 3.20. The quantitative estimate of drug-likeness (QED) is 0.418. The lowest BCUT2D eigenvalue weighted by molar-refractivity contribution is 0.132. The van der Waals surface area contributed by atoms with Gasteiger partial charge in [-0.15, -0.1) is 11.6 Å². The highest BCUT2D eigenvalue weighted by Gasteiger charge is 2.26. The molecule has 5 nitrogen and oxygen atoms in total. The van der Waals surface area contributed by atoms with Gasteiger partial charge in [0.05, 0.1) is 11.9 Å². The van der Waals surface area contributed by atoms with E-state index in [4.69, 9.17) is 27.5 Å². The molecule has 0 unspecified atom stereocenters. The molecular formula is C8H14ClN3O2. The fourth-order valence-electron chi connectivity index (χ4n) is 1.62. The Balaban J connectivity index is 2.42. The highest BCUT2D eigenvalue weighted by atomic mass is 35.5. The predicted molar refractivity (Wildman–Crippen MR) is 53.7 cm³/mol. The first-order valence-corrected chi connectivity index (χ1v) is 5.01. The summed E-state index contributed by atoms with van der Waals surface area (Å²) in [5.74, 6) is 0.565. The second kappa shape index (κ2) is 5.05. The van der Waals surface area contributed by atoms with Crippen molar-refractivity contribution >= 4 is 23.5 Å². The minimum Gasteiger partial charge on any atom is -0.448 e. The molecule has 3 N–H and O–H groups in total. The molecule has 14 heavy (non-hydrogen) atoms. The lowest BCUT2D eigenvalue weighted by atomic mass is 10.2. The molecule has 0 spiro atoms. The molecule has 0 radical (unpaired) electrons. The van der Waals surface area contributed by atoms with Crippen LogP contribution in [0.15, 0.2) is 0 Å². The van der Waals surface area contributed by atoms with Gasteiger partial charge in [-0.1, -0.05) is 0 Å². The number of ether oxygens (including phenoxy) is 1. The van der Waals surface area contributed by atoms with Crippen LogP contribution in [-0.4, -0.2) is 41.9 Å². The summed E-state index contributed by atoms with van der Waals surface area (Å²) in [7, 11) is 0. The number of nitrogens with one attached hydrogen (secondary N) is 1. The van der Waals surface area contributed by atoms with Crippen molar-refractivity contribution in [2.45, 2.75) is 18.9 Å². The first-order chi connectivity index (χ1) is 6.65. The fourth-order valence-corrected chi connectivity index (χ4v) is 1.77. The van der Waals surface area contributed by atoms with E-state index < -0.39 is 6.09 Å². The van der Waals surface area contributed by atoms with E-state index in [1.807, 2.05) is 4.90 Å². The molecular weight excluding hydrogens is 206 g/mol. The van der Waals surface area contributed by atoms with Crippen molar-refractivity contribution in [2.24, 2.45) is 5.73 Å². The van der Waals surface area contributed by atoms with E-state index >= 15 is 0 Å². The molecule has 0 aromatic heterocycles. The van der Waals surface area contributed by atoms with Gasteiger partial charge in [0.25, 0.3) is 0 Å². The molecule has 1 atom stereocenters. The molecule has 1 aliphatic heterocycles. The summed E-state index contributed by atoms with van der Waals surface area (Å²) in [4.78, 5) is 12.3. The van der Waals surface area contributed by atoms with E-state index in [9.17, 15) is 4.79 Å². The number of hydrogen-bond acceptors (Lipinski definition) is 3. The van der Waals surface area contributed by atoms with Gasteiger partial charge in [-0.2, -0.15) is 0 Å². The first-order valence-electron chi connectivity index (χ1n) is 4.47. The minimum absolute atomic E-state index is 0.0637. The van der Waals surface area contributed by atoms with Crippen molar-refractivity contribution < 1.29 is 9.53 Å². The Morgan fingerprint density at radius 1 is 1.71 bits per heavy atom.